The van der Waals surface area contributed by atoms with Crippen molar-refractivity contribution in [3.05, 3.63) is 35.5 Å². The highest BCUT2D eigenvalue weighted by Gasteiger charge is 2.24. The molecule has 1 aromatic rings. The van der Waals surface area contributed by atoms with Crippen molar-refractivity contribution in [1.29, 1.82) is 0 Å². The Kier molecular flexibility index (Phi) is 16.1. The number of nitrogens with zero attached hydrogens (tertiary/aromatic N) is 1. The molecule has 2 amide bonds. The molecule has 38 heavy (non-hydrogen) atoms. The Balaban J connectivity index is 2.56. The van der Waals surface area contributed by atoms with Gasteiger partial charge in [-0.3, -0.25) is 19.2 Å². The topological polar surface area (TPSA) is 155 Å². The highest BCUT2D eigenvalue weighted by molar-refractivity contribution is 8.76. The third-order valence-corrected chi connectivity index (χ3v) is 7.62. The van der Waals surface area contributed by atoms with Crippen LogP contribution in [-0.4, -0.2) is 60.0 Å². The summed E-state index contributed by atoms with van der Waals surface area (Å²) in [6.45, 7) is 5.34. The molecule has 1 atom stereocenters. The summed E-state index contributed by atoms with van der Waals surface area (Å²) in [4.78, 5) is 64.9. The van der Waals surface area contributed by atoms with Crippen LogP contribution in [0.1, 0.15) is 59.3 Å². The zero-order chi connectivity index (χ0) is 28.5. The van der Waals surface area contributed by atoms with Crippen molar-refractivity contribution in [2.45, 2.75) is 70.4 Å². The SMILES string of the molecule is COC(=O)CC/C(C(=O)N[C@@H](CC(C)C)C(=O)CCCNC(=O)CCSSc1ccccn1)=C(\C)C(=O)[O-]. The maximum atomic E-state index is 12.9. The van der Waals surface area contributed by atoms with Crippen molar-refractivity contribution in [3.63, 3.8) is 0 Å². The van der Waals surface area contributed by atoms with Gasteiger partial charge in [0.1, 0.15) is 5.03 Å². The van der Waals surface area contributed by atoms with Crippen LogP contribution in [0.4, 0.5) is 0 Å². The fourth-order valence-corrected chi connectivity index (χ4v) is 5.17. The van der Waals surface area contributed by atoms with Gasteiger partial charge in [-0.2, -0.15) is 0 Å². The van der Waals surface area contributed by atoms with E-state index < -0.39 is 23.9 Å². The number of nitrogens with one attached hydrogen (secondary N) is 2. The Hall–Kier alpha value is -2.86. The smallest absolute Gasteiger partial charge is 0.305 e. The molecule has 0 aliphatic rings. The van der Waals surface area contributed by atoms with E-state index in [0.29, 0.717) is 31.6 Å². The standard InChI is InChI=1S/C26H37N3O7S2/c1-17(2)16-20(29-25(33)19(18(3)26(34)35)10-11-24(32)36-4)21(30)8-7-14-27-22(31)12-15-37-38-23-9-5-6-13-28-23/h5-6,9,13,17,20H,7-8,10-12,14-16H2,1-4H3,(H,27,31)(H,29,33)(H,34,35)/p-1/b19-18-/t20-/m0/s1. The van der Waals surface area contributed by atoms with Gasteiger partial charge < -0.3 is 25.3 Å². The fourth-order valence-electron chi connectivity index (χ4n) is 3.30. The number of amides is 2. The van der Waals surface area contributed by atoms with Crippen LogP contribution in [0.25, 0.3) is 0 Å². The predicted molar refractivity (Wildman–Crippen MR) is 145 cm³/mol. The average Bonchev–Trinajstić information content (AvgIpc) is 2.88. The molecule has 0 saturated carbocycles. The lowest BCUT2D eigenvalue weighted by Crippen LogP contribution is -2.43. The molecule has 210 valence electrons. The minimum atomic E-state index is -1.53. The molecule has 1 heterocycles. The van der Waals surface area contributed by atoms with E-state index in [1.807, 2.05) is 32.0 Å². The molecule has 0 aromatic carbocycles. The van der Waals surface area contributed by atoms with Crippen LogP contribution < -0.4 is 15.7 Å². The highest BCUT2D eigenvalue weighted by Crippen LogP contribution is 2.29. The van der Waals surface area contributed by atoms with Gasteiger partial charge in [0.2, 0.25) is 11.8 Å². The van der Waals surface area contributed by atoms with Gasteiger partial charge in [0, 0.05) is 43.3 Å². The van der Waals surface area contributed by atoms with E-state index in [1.54, 1.807) is 6.20 Å². The number of carbonyl (C=O) groups excluding carboxylic acids is 5. The summed E-state index contributed by atoms with van der Waals surface area (Å²) < 4.78 is 4.56. The summed E-state index contributed by atoms with van der Waals surface area (Å²) in [6.07, 6.45) is 2.58. The first-order valence-electron chi connectivity index (χ1n) is 12.3. The van der Waals surface area contributed by atoms with E-state index in [4.69, 9.17) is 0 Å². The number of Topliss-reactive ketones (excluding diaryl/α,β-unsaturated/α-hetero) is 1. The molecular weight excluding hydrogens is 530 g/mol. The Bertz CT molecular complexity index is 984. The number of ether oxygens (including phenoxy) is 1. The van der Waals surface area contributed by atoms with Gasteiger partial charge in [-0.05, 0) is 60.6 Å². The predicted octanol–water partition coefficient (Wildman–Crippen LogP) is 2.23. The fraction of sp³-hybridized carbons (Fsp3) is 0.538. The lowest BCUT2D eigenvalue weighted by atomic mass is 9.96. The van der Waals surface area contributed by atoms with Gasteiger partial charge in [0.05, 0.1) is 19.1 Å². The number of methoxy groups -OCH3 is 1. The number of aliphatic carboxylic acids is 1. The summed E-state index contributed by atoms with van der Waals surface area (Å²) in [6, 6.07) is 4.80. The van der Waals surface area contributed by atoms with Gasteiger partial charge in [0.15, 0.2) is 5.78 Å². The van der Waals surface area contributed by atoms with Crippen LogP contribution in [0, 0.1) is 5.92 Å². The summed E-state index contributed by atoms with van der Waals surface area (Å²) in [5.74, 6) is -2.50. The van der Waals surface area contributed by atoms with E-state index in [2.05, 4.69) is 20.4 Å². The van der Waals surface area contributed by atoms with Crippen LogP contribution in [0.3, 0.4) is 0 Å². The zero-order valence-corrected chi connectivity index (χ0v) is 23.9. The first-order chi connectivity index (χ1) is 18.0. The molecule has 0 spiro atoms. The zero-order valence-electron chi connectivity index (χ0n) is 22.2. The van der Waals surface area contributed by atoms with E-state index in [0.717, 1.165) is 5.03 Å². The van der Waals surface area contributed by atoms with Gasteiger partial charge >= 0.3 is 5.97 Å². The average molecular weight is 567 g/mol. The van der Waals surface area contributed by atoms with Crippen molar-refractivity contribution in [2.24, 2.45) is 5.92 Å². The molecule has 0 fully saturated rings. The molecular formula is C26H36N3O7S2-. The normalized spacial score (nSPS) is 12.3. The van der Waals surface area contributed by atoms with Crippen LogP contribution >= 0.6 is 21.6 Å². The van der Waals surface area contributed by atoms with Crippen molar-refractivity contribution in [1.82, 2.24) is 15.6 Å². The van der Waals surface area contributed by atoms with E-state index in [1.165, 1.54) is 35.6 Å². The highest BCUT2D eigenvalue weighted by atomic mass is 33.1. The number of carboxylic acid groups (broad SMARTS) is 1. The van der Waals surface area contributed by atoms with Crippen molar-refractivity contribution >= 4 is 51.1 Å². The quantitative estimate of drug-likeness (QED) is 0.117. The van der Waals surface area contributed by atoms with Gasteiger partial charge in [0.25, 0.3) is 0 Å². The number of aromatic nitrogens is 1. The minimum Gasteiger partial charge on any atom is -0.545 e. The van der Waals surface area contributed by atoms with Crippen molar-refractivity contribution in [2.75, 3.05) is 19.4 Å². The van der Waals surface area contributed by atoms with Gasteiger partial charge in [-0.1, -0.05) is 30.7 Å². The Labute approximate surface area is 231 Å². The van der Waals surface area contributed by atoms with Crippen LogP contribution in [0.15, 0.2) is 40.6 Å². The Morgan fingerprint density at radius 3 is 2.42 bits per heavy atom. The summed E-state index contributed by atoms with van der Waals surface area (Å²) in [7, 11) is 4.23. The molecule has 0 aliphatic carbocycles. The van der Waals surface area contributed by atoms with Crippen molar-refractivity contribution in [3.8, 4) is 0 Å². The van der Waals surface area contributed by atoms with E-state index >= 15 is 0 Å². The molecule has 10 nitrogen and oxygen atoms in total. The third kappa shape index (κ3) is 13.6. The molecule has 0 bridgehead atoms. The molecule has 0 aliphatic heterocycles. The lowest BCUT2D eigenvalue weighted by Gasteiger charge is -2.21. The number of hydrogen-bond acceptors (Lipinski definition) is 10. The molecule has 0 unspecified atom stereocenters. The molecule has 0 radical (unpaired) electrons. The van der Waals surface area contributed by atoms with Crippen LogP contribution in [0.2, 0.25) is 0 Å². The summed E-state index contributed by atoms with van der Waals surface area (Å²) >= 11 is 0. The molecule has 0 saturated heterocycles. The minimum absolute atomic E-state index is 0.0788. The monoisotopic (exact) mass is 566 g/mol. The Morgan fingerprint density at radius 2 is 1.82 bits per heavy atom. The second-order valence-electron chi connectivity index (χ2n) is 8.87. The number of carboxylic acids is 1. The molecule has 1 rings (SSSR count). The summed E-state index contributed by atoms with van der Waals surface area (Å²) in [5, 5.41) is 17.7. The number of rotatable bonds is 18. The maximum absolute atomic E-state index is 12.9. The lowest BCUT2D eigenvalue weighted by molar-refractivity contribution is -0.299. The number of pyridine rings is 1. The second-order valence-corrected chi connectivity index (χ2v) is 11.3. The van der Waals surface area contributed by atoms with E-state index in [-0.39, 0.29) is 48.0 Å². The number of hydrogen-bond donors (Lipinski definition) is 2. The van der Waals surface area contributed by atoms with Gasteiger partial charge in [-0.25, -0.2) is 4.98 Å². The first kappa shape index (κ1) is 33.2. The largest absolute Gasteiger partial charge is 0.545 e. The second kappa shape index (κ2) is 18.4. The molecule has 1 aromatic heterocycles. The number of ketones is 1. The maximum Gasteiger partial charge on any atom is 0.305 e. The van der Waals surface area contributed by atoms with Crippen LogP contribution in [0.5, 0.6) is 0 Å². The Morgan fingerprint density at radius 1 is 1.08 bits per heavy atom. The van der Waals surface area contributed by atoms with Gasteiger partial charge in [-0.15, -0.1) is 0 Å². The van der Waals surface area contributed by atoms with E-state index in [9.17, 15) is 29.1 Å². The number of carbonyl (C=O) groups is 5. The molecule has 2 N–H and O–H groups in total. The van der Waals surface area contributed by atoms with Crippen LogP contribution in [-0.2, 0) is 28.7 Å². The third-order valence-electron chi connectivity index (χ3n) is 5.36. The number of esters is 1. The summed E-state index contributed by atoms with van der Waals surface area (Å²) in [5.41, 5.74) is -0.440. The van der Waals surface area contributed by atoms with Crippen molar-refractivity contribution < 1.29 is 33.8 Å². The molecule has 12 heteroatoms. The first-order valence-corrected chi connectivity index (χ1v) is 14.7.